The Labute approximate surface area is 95.7 Å². The Morgan fingerprint density at radius 1 is 0.875 bits per heavy atom. The summed E-state index contributed by atoms with van der Waals surface area (Å²) in [7, 11) is 0. The van der Waals surface area contributed by atoms with Crippen molar-refractivity contribution >= 4 is 5.69 Å². The van der Waals surface area contributed by atoms with Crippen LogP contribution in [0.4, 0.5) is 5.69 Å². The van der Waals surface area contributed by atoms with Crippen LogP contribution < -0.4 is 10.5 Å². The summed E-state index contributed by atoms with van der Waals surface area (Å²) < 4.78 is 5.80. The van der Waals surface area contributed by atoms with E-state index < -0.39 is 0 Å². The van der Waals surface area contributed by atoms with E-state index in [0.29, 0.717) is 11.4 Å². The zero-order valence-electron chi connectivity index (χ0n) is 9.53. The highest BCUT2D eigenvalue weighted by atomic mass is 16.5. The van der Waals surface area contributed by atoms with Gasteiger partial charge >= 0.3 is 0 Å². The first kappa shape index (κ1) is 10.6. The van der Waals surface area contributed by atoms with Gasteiger partial charge in [0, 0.05) is 0 Å². The number of ether oxygens (including phenoxy) is 1. The van der Waals surface area contributed by atoms with Crippen LogP contribution in [-0.4, -0.2) is 0 Å². The van der Waals surface area contributed by atoms with E-state index >= 15 is 0 Å². The summed E-state index contributed by atoms with van der Waals surface area (Å²) in [4.78, 5) is 0. The molecular formula is C14H15NO. The van der Waals surface area contributed by atoms with Crippen LogP contribution >= 0.6 is 0 Å². The number of rotatable bonds is 2. The molecule has 2 aromatic rings. The Morgan fingerprint density at radius 2 is 1.56 bits per heavy atom. The number of nitrogen functional groups attached to an aromatic ring is 1. The van der Waals surface area contributed by atoms with Crippen LogP contribution in [0.15, 0.2) is 42.5 Å². The monoisotopic (exact) mass is 213 g/mol. The van der Waals surface area contributed by atoms with E-state index in [9.17, 15) is 0 Å². The van der Waals surface area contributed by atoms with Gasteiger partial charge in [0.15, 0.2) is 0 Å². The lowest BCUT2D eigenvalue weighted by Crippen LogP contribution is -1.93. The summed E-state index contributed by atoms with van der Waals surface area (Å²) in [6.07, 6.45) is 0. The first-order valence-electron chi connectivity index (χ1n) is 5.27. The molecule has 0 bridgehead atoms. The average Bonchev–Trinajstić information content (AvgIpc) is 2.28. The van der Waals surface area contributed by atoms with Gasteiger partial charge in [0.05, 0.1) is 5.69 Å². The van der Waals surface area contributed by atoms with Crippen molar-refractivity contribution in [1.82, 2.24) is 0 Å². The normalized spacial score (nSPS) is 10.1. The Bertz CT molecular complexity index is 506. The summed E-state index contributed by atoms with van der Waals surface area (Å²) in [6.45, 7) is 4.11. The van der Waals surface area contributed by atoms with Crippen LogP contribution in [0, 0.1) is 13.8 Å². The van der Waals surface area contributed by atoms with Gasteiger partial charge in [0.1, 0.15) is 11.5 Å². The Kier molecular flexibility index (Phi) is 2.82. The Morgan fingerprint density at radius 3 is 2.31 bits per heavy atom. The minimum absolute atomic E-state index is 0.656. The lowest BCUT2D eigenvalue weighted by Gasteiger charge is -2.11. The molecule has 0 saturated carbocycles. The maximum Gasteiger partial charge on any atom is 0.150 e. The lowest BCUT2D eigenvalue weighted by atomic mass is 10.1. The van der Waals surface area contributed by atoms with Gasteiger partial charge in [-0.2, -0.15) is 0 Å². The zero-order valence-corrected chi connectivity index (χ0v) is 9.53. The van der Waals surface area contributed by atoms with E-state index in [1.165, 1.54) is 5.56 Å². The average molecular weight is 213 g/mol. The molecule has 0 aliphatic rings. The first-order valence-corrected chi connectivity index (χ1v) is 5.27. The molecule has 0 unspecified atom stereocenters. The number of hydrogen-bond donors (Lipinski definition) is 1. The smallest absolute Gasteiger partial charge is 0.150 e. The molecule has 0 aliphatic heterocycles. The molecule has 0 amide bonds. The molecule has 0 aromatic heterocycles. The van der Waals surface area contributed by atoms with Crippen LogP contribution in [0.3, 0.4) is 0 Å². The molecular weight excluding hydrogens is 198 g/mol. The molecule has 0 saturated heterocycles. The minimum atomic E-state index is 0.656. The fourth-order valence-corrected chi connectivity index (χ4v) is 1.53. The summed E-state index contributed by atoms with van der Waals surface area (Å²) in [5, 5.41) is 0. The van der Waals surface area contributed by atoms with Crippen molar-refractivity contribution in [3.8, 4) is 11.5 Å². The van der Waals surface area contributed by atoms with E-state index in [1.807, 2.05) is 43.3 Å². The molecule has 2 heteroatoms. The molecule has 2 aromatic carbocycles. The fourth-order valence-electron chi connectivity index (χ4n) is 1.53. The SMILES string of the molecule is Cc1cccc(Oc2ccccc2N)c1C. The molecule has 0 atom stereocenters. The van der Waals surface area contributed by atoms with Crippen molar-refractivity contribution in [3.05, 3.63) is 53.6 Å². The summed E-state index contributed by atoms with van der Waals surface area (Å²) >= 11 is 0. The quantitative estimate of drug-likeness (QED) is 0.772. The predicted molar refractivity (Wildman–Crippen MR) is 66.8 cm³/mol. The highest BCUT2D eigenvalue weighted by molar-refractivity contribution is 5.54. The van der Waals surface area contributed by atoms with Gasteiger partial charge in [0.25, 0.3) is 0 Å². The van der Waals surface area contributed by atoms with Crippen molar-refractivity contribution < 1.29 is 4.74 Å². The fraction of sp³-hybridized carbons (Fsp3) is 0.143. The summed E-state index contributed by atoms with van der Waals surface area (Å²) in [5.41, 5.74) is 8.85. The highest BCUT2D eigenvalue weighted by Gasteiger charge is 2.04. The van der Waals surface area contributed by atoms with Crippen molar-refractivity contribution in [2.24, 2.45) is 0 Å². The highest BCUT2D eigenvalue weighted by Crippen LogP contribution is 2.30. The Hall–Kier alpha value is -1.96. The van der Waals surface area contributed by atoms with E-state index in [4.69, 9.17) is 10.5 Å². The molecule has 0 spiro atoms. The molecule has 2 rings (SSSR count). The summed E-state index contributed by atoms with van der Waals surface area (Å²) in [5.74, 6) is 1.56. The second kappa shape index (κ2) is 4.27. The third-order valence-electron chi connectivity index (χ3n) is 2.69. The summed E-state index contributed by atoms with van der Waals surface area (Å²) in [6, 6.07) is 13.5. The van der Waals surface area contributed by atoms with Crippen LogP contribution in [0.2, 0.25) is 0 Å². The maximum absolute atomic E-state index is 5.83. The van der Waals surface area contributed by atoms with Crippen LogP contribution in [-0.2, 0) is 0 Å². The number of anilines is 1. The molecule has 16 heavy (non-hydrogen) atoms. The lowest BCUT2D eigenvalue weighted by molar-refractivity contribution is 0.481. The minimum Gasteiger partial charge on any atom is -0.455 e. The second-order valence-electron chi connectivity index (χ2n) is 3.84. The third-order valence-corrected chi connectivity index (χ3v) is 2.69. The first-order chi connectivity index (χ1) is 7.68. The van der Waals surface area contributed by atoms with Crippen LogP contribution in [0.25, 0.3) is 0 Å². The van der Waals surface area contributed by atoms with Gasteiger partial charge in [0.2, 0.25) is 0 Å². The maximum atomic E-state index is 5.83. The Balaban J connectivity index is 2.35. The van der Waals surface area contributed by atoms with Gasteiger partial charge in [-0.05, 0) is 43.2 Å². The van der Waals surface area contributed by atoms with E-state index in [1.54, 1.807) is 0 Å². The van der Waals surface area contributed by atoms with E-state index in [2.05, 4.69) is 13.0 Å². The molecule has 2 nitrogen and oxygen atoms in total. The van der Waals surface area contributed by atoms with Crippen molar-refractivity contribution in [1.29, 1.82) is 0 Å². The molecule has 0 radical (unpaired) electrons. The van der Waals surface area contributed by atoms with Crippen molar-refractivity contribution in [3.63, 3.8) is 0 Å². The molecule has 2 N–H and O–H groups in total. The standard InChI is InChI=1S/C14H15NO/c1-10-6-5-9-13(11(10)2)16-14-8-4-3-7-12(14)15/h3-9H,15H2,1-2H3. The van der Waals surface area contributed by atoms with E-state index in [0.717, 1.165) is 11.3 Å². The van der Waals surface area contributed by atoms with Gasteiger partial charge in [-0.1, -0.05) is 24.3 Å². The number of para-hydroxylation sites is 2. The predicted octanol–water partition coefficient (Wildman–Crippen LogP) is 3.68. The van der Waals surface area contributed by atoms with Crippen LogP contribution in [0.5, 0.6) is 11.5 Å². The van der Waals surface area contributed by atoms with Crippen LogP contribution in [0.1, 0.15) is 11.1 Å². The molecule has 0 aliphatic carbocycles. The topological polar surface area (TPSA) is 35.2 Å². The van der Waals surface area contributed by atoms with Crippen molar-refractivity contribution in [2.45, 2.75) is 13.8 Å². The largest absolute Gasteiger partial charge is 0.455 e. The number of nitrogens with two attached hydrogens (primary N) is 1. The zero-order chi connectivity index (χ0) is 11.5. The second-order valence-corrected chi connectivity index (χ2v) is 3.84. The number of aryl methyl sites for hydroxylation is 1. The molecule has 0 heterocycles. The molecule has 0 fully saturated rings. The van der Waals surface area contributed by atoms with Crippen molar-refractivity contribution in [2.75, 3.05) is 5.73 Å². The van der Waals surface area contributed by atoms with Gasteiger partial charge < -0.3 is 10.5 Å². The third kappa shape index (κ3) is 2.01. The van der Waals surface area contributed by atoms with E-state index in [-0.39, 0.29) is 0 Å². The van der Waals surface area contributed by atoms with Gasteiger partial charge in [-0.3, -0.25) is 0 Å². The van der Waals surface area contributed by atoms with Gasteiger partial charge in [-0.25, -0.2) is 0 Å². The number of benzene rings is 2. The molecule has 82 valence electrons. The van der Waals surface area contributed by atoms with Gasteiger partial charge in [-0.15, -0.1) is 0 Å². The number of hydrogen-bond acceptors (Lipinski definition) is 2.